The molecule has 1 atom stereocenters. The fourth-order valence-corrected chi connectivity index (χ4v) is 0.256. The number of rotatable bonds is 2. The Morgan fingerprint density at radius 1 is 1.88 bits per heavy atom. The number of hydrogen-bond donors (Lipinski definition) is 3. The molecule has 0 aliphatic rings. The summed E-state index contributed by atoms with van der Waals surface area (Å²) in [5, 5.41) is 16.3. The van der Waals surface area contributed by atoms with E-state index in [1.54, 1.807) is 0 Å². The quantitative estimate of drug-likeness (QED) is 0.324. The van der Waals surface area contributed by atoms with E-state index in [9.17, 15) is 4.79 Å². The zero-order valence-corrected chi connectivity index (χ0v) is 4.46. The van der Waals surface area contributed by atoms with E-state index in [1.165, 1.54) is 12.4 Å². The standard InChI is InChI=1S/C4H8NO3/c1-3(6)2-4(7)5-8/h2-3,6,8H,1H3,(H,5,7). The molecule has 0 aliphatic heterocycles. The molecule has 0 aromatic carbocycles. The molecule has 0 bridgehead atoms. The van der Waals surface area contributed by atoms with Crippen LogP contribution in [0.25, 0.3) is 0 Å². The van der Waals surface area contributed by atoms with Crippen LogP contribution in [0.2, 0.25) is 0 Å². The first kappa shape index (κ1) is 7.39. The third-order valence-electron chi connectivity index (χ3n) is 0.503. The summed E-state index contributed by atoms with van der Waals surface area (Å²) < 4.78 is 0. The minimum Gasteiger partial charge on any atom is -0.393 e. The molecule has 0 saturated carbocycles. The second kappa shape index (κ2) is 3.40. The third kappa shape index (κ3) is 3.58. The van der Waals surface area contributed by atoms with Gasteiger partial charge in [0, 0.05) is 0 Å². The second-order valence-electron chi connectivity index (χ2n) is 1.38. The van der Waals surface area contributed by atoms with E-state index >= 15 is 0 Å². The first-order valence-electron chi connectivity index (χ1n) is 2.14. The maximum atomic E-state index is 10.0. The molecule has 0 saturated heterocycles. The SMILES string of the molecule is CC(O)[CH]C(=O)NO. The van der Waals surface area contributed by atoms with Gasteiger partial charge in [0.2, 0.25) is 5.91 Å². The zero-order chi connectivity index (χ0) is 6.57. The van der Waals surface area contributed by atoms with E-state index in [4.69, 9.17) is 10.3 Å². The monoisotopic (exact) mass is 118 g/mol. The molecule has 0 spiro atoms. The summed E-state index contributed by atoms with van der Waals surface area (Å²) in [4.78, 5) is 10.0. The minimum atomic E-state index is -0.817. The Balaban J connectivity index is 3.25. The average Bonchev–Trinajstić information content (AvgIpc) is 1.65. The Morgan fingerprint density at radius 3 is 2.50 bits per heavy atom. The fraction of sp³-hybridized carbons (Fsp3) is 0.500. The van der Waals surface area contributed by atoms with Crippen molar-refractivity contribution in [2.75, 3.05) is 0 Å². The van der Waals surface area contributed by atoms with Gasteiger partial charge in [-0.2, -0.15) is 0 Å². The number of nitrogens with one attached hydrogen (secondary N) is 1. The lowest BCUT2D eigenvalue weighted by Crippen LogP contribution is -2.23. The number of aliphatic hydroxyl groups excluding tert-OH is 1. The van der Waals surface area contributed by atoms with Gasteiger partial charge in [0.05, 0.1) is 12.5 Å². The zero-order valence-electron chi connectivity index (χ0n) is 4.46. The topological polar surface area (TPSA) is 69.6 Å². The Bertz CT molecular complexity index is 81.4. The van der Waals surface area contributed by atoms with E-state index in [-0.39, 0.29) is 0 Å². The maximum absolute atomic E-state index is 10.0. The van der Waals surface area contributed by atoms with Crippen molar-refractivity contribution >= 4 is 5.91 Å². The highest BCUT2D eigenvalue weighted by Crippen LogP contribution is 1.84. The van der Waals surface area contributed by atoms with E-state index < -0.39 is 12.0 Å². The molecule has 3 N–H and O–H groups in total. The van der Waals surface area contributed by atoms with Crippen LogP contribution in [0.4, 0.5) is 0 Å². The number of hydroxylamine groups is 1. The van der Waals surface area contributed by atoms with Crippen molar-refractivity contribution < 1.29 is 15.1 Å². The Hall–Kier alpha value is -0.610. The van der Waals surface area contributed by atoms with Gasteiger partial charge in [-0.3, -0.25) is 10.0 Å². The van der Waals surface area contributed by atoms with Crippen LogP contribution in [-0.2, 0) is 4.79 Å². The summed E-state index contributed by atoms with van der Waals surface area (Å²) in [6, 6.07) is 0. The number of carbonyl (C=O) groups excluding carboxylic acids is 1. The van der Waals surface area contributed by atoms with Gasteiger partial charge in [0.25, 0.3) is 0 Å². The van der Waals surface area contributed by atoms with Gasteiger partial charge in [-0.1, -0.05) is 0 Å². The molecule has 1 unspecified atom stereocenters. The van der Waals surface area contributed by atoms with Crippen molar-refractivity contribution in [2.24, 2.45) is 0 Å². The van der Waals surface area contributed by atoms with Gasteiger partial charge in [-0.25, -0.2) is 5.48 Å². The molecule has 4 nitrogen and oxygen atoms in total. The van der Waals surface area contributed by atoms with Crippen LogP contribution in [0.15, 0.2) is 0 Å². The van der Waals surface area contributed by atoms with Gasteiger partial charge >= 0.3 is 0 Å². The lowest BCUT2D eigenvalue weighted by molar-refractivity contribution is -0.126. The summed E-state index contributed by atoms with van der Waals surface area (Å²) >= 11 is 0. The molecule has 8 heavy (non-hydrogen) atoms. The molecule has 0 heterocycles. The van der Waals surface area contributed by atoms with Crippen LogP contribution < -0.4 is 5.48 Å². The van der Waals surface area contributed by atoms with Crippen molar-refractivity contribution in [3.05, 3.63) is 6.42 Å². The largest absolute Gasteiger partial charge is 0.393 e. The summed E-state index contributed by atoms with van der Waals surface area (Å²) in [5.74, 6) is -0.694. The summed E-state index contributed by atoms with van der Waals surface area (Å²) in [5.41, 5.74) is 1.34. The van der Waals surface area contributed by atoms with Crippen molar-refractivity contribution in [3.8, 4) is 0 Å². The van der Waals surface area contributed by atoms with Gasteiger partial charge < -0.3 is 5.11 Å². The van der Waals surface area contributed by atoms with E-state index in [0.29, 0.717) is 0 Å². The van der Waals surface area contributed by atoms with Crippen LogP contribution in [-0.4, -0.2) is 22.3 Å². The molecular formula is C4H8NO3. The van der Waals surface area contributed by atoms with Crippen LogP contribution in [0.1, 0.15) is 6.92 Å². The third-order valence-corrected chi connectivity index (χ3v) is 0.503. The smallest absolute Gasteiger partial charge is 0.249 e. The molecule has 0 aliphatic carbocycles. The number of amides is 1. The first-order chi connectivity index (χ1) is 3.66. The average molecular weight is 118 g/mol. The molecule has 47 valence electrons. The minimum absolute atomic E-state index is 0.694. The molecule has 1 radical (unpaired) electrons. The number of carbonyl (C=O) groups is 1. The van der Waals surface area contributed by atoms with Crippen LogP contribution in [0, 0.1) is 6.42 Å². The number of aliphatic hydroxyl groups is 1. The van der Waals surface area contributed by atoms with Gasteiger partial charge in [-0.15, -0.1) is 0 Å². The number of hydrogen-bond acceptors (Lipinski definition) is 3. The Kier molecular flexibility index (Phi) is 3.14. The van der Waals surface area contributed by atoms with Crippen molar-refractivity contribution in [2.45, 2.75) is 13.0 Å². The van der Waals surface area contributed by atoms with Crippen molar-refractivity contribution in [1.29, 1.82) is 0 Å². The highest BCUT2D eigenvalue weighted by atomic mass is 16.5. The van der Waals surface area contributed by atoms with Gasteiger partial charge in [-0.05, 0) is 6.92 Å². The lowest BCUT2D eigenvalue weighted by Gasteiger charge is -1.98. The molecule has 0 aromatic rings. The van der Waals surface area contributed by atoms with Gasteiger partial charge in [0.15, 0.2) is 0 Å². The Morgan fingerprint density at radius 2 is 2.38 bits per heavy atom. The predicted octanol–water partition coefficient (Wildman–Crippen LogP) is -0.923. The van der Waals surface area contributed by atoms with Crippen LogP contribution in [0.5, 0.6) is 0 Å². The highest BCUT2D eigenvalue weighted by molar-refractivity contribution is 5.84. The van der Waals surface area contributed by atoms with Crippen molar-refractivity contribution in [1.82, 2.24) is 5.48 Å². The first-order valence-corrected chi connectivity index (χ1v) is 2.14. The maximum Gasteiger partial charge on any atom is 0.249 e. The fourth-order valence-electron chi connectivity index (χ4n) is 0.256. The molecule has 0 rings (SSSR count). The Labute approximate surface area is 47.1 Å². The summed E-state index contributed by atoms with van der Waals surface area (Å²) in [7, 11) is 0. The van der Waals surface area contributed by atoms with E-state index in [0.717, 1.165) is 6.42 Å². The molecule has 4 heteroatoms. The summed E-state index contributed by atoms with van der Waals surface area (Å²) in [6.45, 7) is 1.41. The molecule has 0 aromatic heterocycles. The van der Waals surface area contributed by atoms with E-state index in [2.05, 4.69) is 0 Å². The lowest BCUT2D eigenvalue weighted by atomic mass is 10.3. The summed E-state index contributed by atoms with van der Waals surface area (Å²) in [6.07, 6.45) is 0.127. The molecule has 0 fully saturated rings. The van der Waals surface area contributed by atoms with Crippen LogP contribution in [0.3, 0.4) is 0 Å². The highest BCUT2D eigenvalue weighted by Gasteiger charge is 2.02. The molecular weight excluding hydrogens is 110 g/mol. The predicted molar refractivity (Wildman–Crippen MR) is 25.9 cm³/mol. The van der Waals surface area contributed by atoms with Gasteiger partial charge in [0.1, 0.15) is 0 Å². The normalized spacial score (nSPS) is 12.9. The molecule has 1 amide bonds. The van der Waals surface area contributed by atoms with Crippen molar-refractivity contribution in [3.63, 3.8) is 0 Å². The van der Waals surface area contributed by atoms with E-state index in [1.807, 2.05) is 0 Å². The van der Waals surface area contributed by atoms with Crippen LogP contribution >= 0.6 is 0 Å². The second-order valence-corrected chi connectivity index (χ2v) is 1.38.